The summed E-state index contributed by atoms with van der Waals surface area (Å²) in [7, 11) is 1.66. The van der Waals surface area contributed by atoms with Crippen LogP contribution in [0, 0.1) is 0 Å². The number of likely N-dealkylation sites (tertiary alicyclic amines) is 1. The van der Waals surface area contributed by atoms with E-state index in [4.69, 9.17) is 9.47 Å². The monoisotopic (exact) mass is 311 g/mol. The first-order chi connectivity index (χ1) is 11.3. The van der Waals surface area contributed by atoms with E-state index in [2.05, 4.69) is 12.1 Å². The number of hydrogen-bond acceptors (Lipinski definition) is 3. The lowest BCUT2D eigenvalue weighted by Crippen LogP contribution is -2.29. The molecule has 4 heteroatoms. The zero-order chi connectivity index (χ0) is 16.1. The number of amides is 1. The van der Waals surface area contributed by atoms with Crippen LogP contribution in [0.2, 0.25) is 0 Å². The molecular weight excluding hydrogens is 290 g/mol. The summed E-state index contributed by atoms with van der Waals surface area (Å²) in [5.41, 5.74) is 2.25. The number of rotatable bonds is 4. The first kappa shape index (κ1) is 15.4. The van der Waals surface area contributed by atoms with E-state index in [1.165, 1.54) is 5.56 Å². The zero-order valence-corrected chi connectivity index (χ0v) is 13.3. The van der Waals surface area contributed by atoms with Crippen LogP contribution in [0.4, 0.5) is 4.79 Å². The maximum absolute atomic E-state index is 12.2. The molecule has 2 aromatic carbocycles. The van der Waals surface area contributed by atoms with E-state index in [1.54, 1.807) is 12.0 Å². The molecule has 23 heavy (non-hydrogen) atoms. The third kappa shape index (κ3) is 3.83. The molecule has 1 amide bonds. The van der Waals surface area contributed by atoms with Crippen molar-refractivity contribution in [2.45, 2.75) is 18.9 Å². The molecule has 0 aromatic heterocycles. The van der Waals surface area contributed by atoms with Crippen molar-refractivity contribution in [3.8, 4) is 5.75 Å². The van der Waals surface area contributed by atoms with Gasteiger partial charge in [-0.1, -0.05) is 42.5 Å². The summed E-state index contributed by atoms with van der Waals surface area (Å²) in [6.45, 7) is 1.77. The molecule has 1 unspecified atom stereocenters. The summed E-state index contributed by atoms with van der Waals surface area (Å²) < 4.78 is 10.6. The van der Waals surface area contributed by atoms with Crippen LogP contribution in [0.1, 0.15) is 23.5 Å². The van der Waals surface area contributed by atoms with Gasteiger partial charge in [-0.05, 0) is 29.7 Å². The maximum Gasteiger partial charge on any atom is 0.410 e. The average Bonchev–Trinajstić information content (AvgIpc) is 3.11. The largest absolute Gasteiger partial charge is 0.497 e. The SMILES string of the molecule is COc1ccc(C2CCN(C(=O)OCc3ccccc3)C2)cc1. The molecular formula is C19H21NO3. The molecule has 1 atom stereocenters. The fourth-order valence-corrected chi connectivity index (χ4v) is 2.88. The molecule has 0 radical (unpaired) electrons. The Labute approximate surface area is 136 Å². The van der Waals surface area contributed by atoms with Crippen molar-refractivity contribution >= 4 is 6.09 Å². The van der Waals surface area contributed by atoms with Crippen molar-refractivity contribution in [3.05, 3.63) is 65.7 Å². The molecule has 4 nitrogen and oxygen atoms in total. The summed E-state index contributed by atoms with van der Waals surface area (Å²) in [5, 5.41) is 0. The molecule has 1 aliphatic heterocycles. The molecule has 0 bridgehead atoms. The number of nitrogens with zero attached hydrogens (tertiary/aromatic N) is 1. The normalized spacial score (nSPS) is 17.1. The number of ether oxygens (including phenoxy) is 2. The van der Waals surface area contributed by atoms with Gasteiger partial charge < -0.3 is 14.4 Å². The van der Waals surface area contributed by atoms with Crippen molar-refractivity contribution in [1.29, 1.82) is 0 Å². The van der Waals surface area contributed by atoms with E-state index in [-0.39, 0.29) is 6.09 Å². The molecule has 1 saturated heterocycles. The van der Waals surface area contributed by atoms with Gasteiger partial charge in [0.1, 0.15) is 12.4 Å². The summed E-state index contributed by atoms with van der Waals surface area (Å²) in [6, 6.07) is 17.8. The molecule has 0 N–H and O–H groups in total. The van der Waals surface area contributed by atoms with Crippen molar-refractivity contribution in [2.24, 2.45) is 0 Å². The highest BCUT2D eigenvalue weighted by Crippen LogP contribution is 2.28. The zero-order valence-electron chi connectivity index (χ0n) is 13.3. The van der Waals surface area contributed by atoms with E-state index >= 15 is 0 Å². The Morgan fingerprint density at radius 1 is 1.13 bits per heavy atom. The van der Waals surface area contributed by atoms with E-state index in [1.807, 2.05) is 42.5 Å². The van der Waals surface area contributed by atoms with Gasteiger partial charge in [0.15, 0.2) is 0 Å². The highest BCUT2D eigenvalue weighted by Gasteiger charge is 2.28. The third-order valence-corrected chi connectivity index (χ3v) is 4.24. The quantitative estimate of drug-likeness (QED) is 0.861. The molecule has 3 rings (SSSR count). The second-order valence-electron chi connectivity index (χ2n) is 5.74. The fraction of sp³-hybridized carbons (Fsp3) is 0.316. The average molecular weight is 311 g/mol. The standard InChI is InChI=1S/C19H21NO3/c1-22-18-9-7-16(8-10-18)17-11-12-20(13-17)19(21)23-14-15-5-3-2-4-6-15/h2-10,17H,11-14H2,1H3. The van der Waals surface area contributed by atoms with Crippen LogP contribution in [0.15, 0.2) is 54.6 Å². The smallest absolute Gasteiger partial charge is 0.410 e. The minimum Gasteiger partial charge on any atom is -0.497 e. The van der Waals surface area contributed by atoms with Gasteiger partial charge in [0, 0.05) is 19.0 Å². The molecule has 0 saturated carbocycles. The summed E-state index contributed by atoms with van der Waals surface area (Å²) >= 11 is 0. The minimum atomic E-state index is -0.232. The number of benzene rings is 2. The number of methoxy groups -OCH3 is 1. The minimum absolute atomic E-state index is 0.232. The predicted octanol–water partition coefficient (Wildman–Crippen LogP) is 3.82. The van der Waals surface area contributed by atoms with Gasteiger partial charge in [0.05, 0.1) is 7.11 Å². The van der Waals surface area contributed by atoms with Gasteiger partial charge in [-0.3, -0.25) is 0 Å². The van der Waals surface area contributed by atoms with Crippen LogP contribution in [-0.2, 0) is 11.3 Å². The van der Waals surface area contributed by atoms with Crippen LogP contribution in [0.25, 0.3) is 0 Å². The van der Waals surface area contributed by atoms with Gasteiger partial charge >= 0.3 is 6.09 Å². The number of carbonyl (C=O) groups excluding carboxylic acids is 1. The van der Waals surface area contributed by atoms with Gasteiger partial charge in [-0.25, -0.2) is 4.79 Å². The Kier molecular flexibility index (Phi) is 4.81. The van der Waals surface area contributed by atoms with Gasteiger partial charge in [0.25, 0.3) is 0 Å². The Balaban J connectivity index is 1.53. The predicted molar refractivity (Wildman–Crippen MR) is 88.6 cm³/mol. The molecule has 1 heterocycles. The van der Waals surface area contributed by atoms with E-state index < -0.39 is 0 Å². The van der Waals surface area contributed by atoms with E-state index in [9.17, 15) is 4.79 Å². The van der Waals surface area contributed by atoms with Gasteiger partial charge in [-0.15, -0.1) is 0 Å². The summed E-state index contributed by atoms with van der Waals surface area (Å²) in [6.07, 6.45) is 0.733. The first-order valence-electron chi connectivity index (χ1n) is 7.86. The van der Waals surface area contributed by atoms with Crippen LogP contribution >= 0.6 is 0 Å². The topological polar surface area (TPSA) is 38.8 Å². The van der Waals surface area contributed by atoms with Crippen LogP contribution in [0.3, 0.4) is 0 Å². The third-order valence-electron chi connectivity index (χ3n) is 4.24. The Hall–Kier alpha value is -2.49. The highest BCUT2D eigenvalue weighted by atomic mass is 16.6. The van der Waals surface area contributed by atoms with E-state index in [0.717, 1.165) is 24.3 Å². The lowest BCUT2D eigenvalue weighted by molar-refractivity contribution is 0.104. The summed E-state index contributed by atoms with van der Waals surface area (Å²) in [4.78, 5) is 14.0. The Bertz CT molecular complexity index is 639. The fourth-order valence-electron chi connectivity index (χ4n) is 2.88. The maximum atomic E-state index is 12.2. The molecule has 0 aliphatic carbocycles. The second kappa shape index (κ2) is 7.18. The summed E-state index contributed by atoms with van der Waals surface area (Å²) in [5.74, 6) is 1.22. The second-order valence-corrected chi connectivity index (χ2v) is 5.74. The lowest BCUT2D eigenvalue weighted by atomic mass is 9.98. The molecule has 120 valence electrons. The Morgan fingerprint density at radius 2 is 1.87 bits per heavy atom. The molecule has 1 aliphatic rings. The van der Waals surface area contributed by atoms with Crippen LogP contribution in [0.5, 0.6) is 5.75 Å². The highest BCUT2D eigenvalue weighted by molar-refractivity contribution is 5.68. The molecule has 0 spiro atoms. The van der Waals surface area contributed by atoms with Crippen molar-refractivity contribution < 1.29 is 14.3 Å². The van der Waals surface area contributed by atoms with Gasteiger partial charge in [-0.2, -0.15) is 0 Å². The molecule has 2 aromatic rings. The van der Waals surface area contributed by atoms with Crippen LogP contribution < -0.4 is 4.74 Å². The van der Waals surface area contributed by atoms with Crippen molar-refractivity contribution in [1.82, 2.24) is 4.90 Å². The van der Waals surface area contributed by atoms with Crippen LogP contribution in [-0.4, -0.2) is 31.2 Å². The lowest BCUT2D eigenvalue weighted by Gasteiger charge is -2.16. The first-order valence-corrected chi connectivity index (χ1v) is 7.86. The number of hydrogen-bond donors (Lipinski definition) is 0. The number of carbonyl (C=O) groups is 1. The Morgan fingerprint density at radius 3 is 2.57 bits per heavy atom. The van der Waals surface area contributed by atoms with E-state index in [0.29, 0.717) is 19.1 Å². The van der Waals surface area contributed by atoms with Crippen molar-refractivity contribution in [3.63, 3.8) is 0 Å². The van der Waals surface area contributed by atoms with Gasteiger partial charge in [0.2, 0.25) is 0 Å². The van der Waals surface area contributed by atoms with Crippen molar-refractivity contribution in [2.75, 3.05) is 20.2 Å². The molecule has 1 fully saturated rings.